The van der Waals surface area contributed by atoms with Gasteiger partial charge in [-0.2, -0.15) is 0 Å². The van der Waals surface area contributed by atoms with E-state index in [1.54, 1.807) is 7.05 Å². The zero-order chi connectivity index (χ0) is 13.5. The van der Waals surface area contributed by atoms with Crippen LogP contribution in [0.2, 0.25) is 0 Å². The Morgan fingerprint density at radius 2 is 2.11 bits per heavy atom. The fraction of sp³-hybridized carbons (Fsp3) is 0.357. The molecule has 1 rings (SSSR count). The second-order valence-electron chi connectivity index (χ2n) is 4.17. The SMILES string of the molecule is C=C(Br)/C=C\C(=C)C(=C)NC(=NC)C1CCCN1. The highest BCUT2D eigenvalue weighted by atomic mass is 79.9. The predicted molar refractivity (Wildman–Crippen MR) is 83.0 cm³/mol. The van der Waals surface area contributed by atoms with Crippen LogP contribution in [0.5, 0.6) is 0 Å². The van der Waals surface area contributed by atoms with Crippen molar-refractivity contribution in [3.8, 4) is 0 Å². The lowest BCUT2D eigenvalue weighted by Gasteiger charge is -2.17. The molecule has 1 unspecified atom stereocenters. The van der Waals surface area contributed by atoms with Crippen molar-refractivity contribution in [3.05, 3.63) is 47.6 Å². The zero-order valence-corrected chi connectivity index (χ0v) is 12.4. The minimum absolute atomic E-state index is 0.301. The summed E-state index contributed by atoms with van der Waals surface area (Å²) in [4.78, 5) is 4.28. The number of nitrogens with one attached hydrogen (secondary N) is 2. The monoisotopic (exact) mass is 309 g/mol. The van der Waals surface area contributed by atoms with Crippen molar-refractivity contribution in [1.29, 1.82) is 0 Å². The second-order valence-corrected chi connectivity index (χ2v) is 5.19. The average molecular weight is 310 g/mol. The molecule has 1 saturated heterocycles. The molecule has 0 saturated carbocycles. The van der Waals surface area contributed by atoms with Gasteiger partial charge in [0, 0.05) is 17.2 Å². The highest BCUT2D eigenvalue weighted by molar-refractivity contribution is 9.11. The van der Waals surface area contributed by atoms with E-state index in [9.17, 15) is 0 Å². The Balaban J connectivity index is 2.57. The van der Waals surface area contributed by atoms with Gasteiger partial charge in [0.2, 0.25) is 0 Å². The third kappa shape index (κ3) is 4.63. The van der Waals surface area contributed by atoms with Crippen molar-refractivity contribution >= 4 is 21.8 Å². The van der Waals surface area contributed by atoms with Crippen molar-refractivity contribution in [2.45, 2.75) is 18.9 Å². The molecule has 98 valence electrons. The number of hydrogen-bond donors (Lipinski definition) is 2. The van der Waals surface area contributed by atoms with Crippen LogP contribution in [0.15, 0.2) is 52.6 Å². The first-order valence-corrected chi connectivity index (χ1v) is 6.71. The number of rotatable bonds is 5. The van der Waals surface area contributed by atoms with E-state index in [1.807, 2.05) is 12.2 Å². The Kier molecular flexibility index (Phi) is 6.09. The van der Waals surface area contributed by atoms with E-state index in [4.69, 9.17) is 0 Å². The van der Waals surface area contributed by atoms with E-state index in [2.05, 4.69) is 51.3 Å². The summed E-state index contributed by atoms with van der Waals surface area (Å²) in [6, 6.07) is 0.301. The van der Waals surface area contributed by atoms with Crippen LogP contribution in [0.3, 0.4) is 0 Å². The topological polar surface area (TPSA) is 36.4 Å². The number of aliphatic imine (C=N–C) groups is 1. The molecule has 4 heteroatoms. The number of amidine groups is 1. The molecule has 0 amide bonds. The van der Waals surface area contributed by atoms with Gasteiger partial charge < -0.3 is 10.6 Å². The van der Waals surface area contributed by atoms with E-state index < -0.39 is 0 Å². The summed E-state index contributed by atoms with van der Waals surface area (Å²) in [5.41, 5.74) is 1.57. The molecular weight excluding hydrogens is 290 g/mol. The van der Waals surface area contributed by atoms with Crippen LogP contribution in [-0.4, -0.2) is 25.5 Å². The molecule has 0 aromatic heterocycles. The normalized spacial score (nSPS) is 20.1. The molecule has 0 aromatic rings. The number of allylic oxidation sites excluding steroid dienone is 3. The van der Waals surface area contributed by atoms with Gasteiger partial charge in [0.25, 0.3) is 0 Å². The predicted octanol–water partition coefficient (Wildman–Crippen LogP) is 2.89. The van der Waals surface area contributed by atoms with Gasteiger partial charge >= 0.3 is 0 Å². The molecule has 18 heavy (non-hydrogen) atoms. The lowest BCUT2D eigenvalue weighted by Crippen LogP contribution is -2.40. The van der Waals surface area contributed by atoms with Gasteiger partial charge in [0.05, 0.1) is 6.04 Å². The minimum atomic E-state index is 0.301. The highest BCUT2D eigenvalue weighted by Gasteiger charge is 2.19. The van der Waals surface area contributed by atoms with Gasteiger partial charge in [0.1, 0.15) is 5.84 Å². The van der Waals surface area contributed by atoms with Gasteiger partial charge in [-0.25, -0.2) is 0 Å². The molecule has 2 N–H and O–H groups in total. The molecular formula is C14H20BrN3. The maximum Gasteiger partial charge on any atom is 0.118 e. The highest BCUT2D eigenvalue weighted by Crippen LogP contribution is 2.11. The van der Waals surface area contributed by atoms with E-state index in [0.29, 0.717) is 6.04 Å². The standard InChI is InChI=1S/C14H20BrN3/c1-10(7-8-11(2)15)12(3)18-14(16-4)13-6-5-9-17-13/h7-8,13,17H,1-3,5-6,9H2,4H3,(H,16,18)/b8-7-. The summed E-state index contributed by atoms with van der Waals surface area (Å²) in [6.45, 7) is 12.7. The molecule has 1 aliphatic heterocycles. The largest absolute Gasteiger partial charge is 0.343 e. The molecule has 1 aliphatic rings. The molecule has 0 bridgehead atoms. The summed E-state index contributed by atoms with van der Waals surface area (Å²) in [6.07, 6.45) is 5.99. The van der Waals surface area contributed by atoms with Crippen LogP contribution in [-0.2, 0) is 0 Å². The minimum Gasteiger partial charge on any atom is -0.343 e. The van der Waals surface area contributed by atoms with Gasteiger partial charge in [0.15, 0.2) is 0 Å². The number of nitrogens with zero attached hydrogens (tertiary/aromatic N) is 1. The van der Waals surface area contributed by atoms with Crippen LogP contribution >= 0.6 is 15.9 Å². The summed E-state index contributed by atoms with van der Waals surface area (Å²) in [7, 11) is 1.79. The van der Waals surface area contributed by atoms with E-state index >= 15 is 0 Å². The maximum absolute atomic E-state index is 4.28. The summed E-state index contributed by atoms with van der Waals surface area (Å²) < 4.78 is 0.804. The lowest BCUT2D eigenvalue weighted by atomic mass is 10.1. The molecule has 1 heterocycles. The van der Waals surface area contributed by atoms with Gasteiger partial charge in [-0.1, -0.05) is 41.7 Å². The van der Waals surface area contributed by atoms with Crippen LogP contribution in [0.25, 0.3) is 0 Å². The average Bonchev–Trinajstić information content (AvgIpc) is 2.86. The Labute approximate surface area is 118 Å². The van der Waals surface area contributed by atoms with E-state index in [1.165, 1.54) is 6.42 Å². The third-order valence-corrected chi connectivity index (χ3v) is 3.03. The summed E-state index contributed by atoms with van der Waals surface area (Å²) in [5, 5.41) is 6.63. The summed E-state index contributed by atoms with van der Waals surface area (Å²) >= 11 is 3.26. The quantitative estimate of drug-likeness (QED) is 0.465. The van der Waals surface area contributed by atoms with E-state index in [0.717, 1.165) is 34.6 Å². The molecule has 0 spiro atoms. The zero-order valence-electron chi connectivity index (χ0n) is 10.8. The molecule has 3 nitrogen and oxygen atoms in total. The van der Waals surface area contributed by atoms with Crippen LogP contribution in [0.4, 0.5) is 0 Å². The first-order valence-electron chi connectivity index (χ1n) is 5.92. The Morgan fingerprint density at radius 3 is 2.61 bits per heavy atom. The van der Waals surface area contributed by atoms with Gasteiger partial charge in [-0.05, 0) is 31.0 Å². The van der Waals surface area contributed by atoms with E-state index in [-0.39, 0.29) is 0 Å². The number of hydrogen-bond acceptors (Lipinski definition) is 2. The Hall–Kier alpha value is -1.13. The fourth-order valence-electron chi connectivity index (χ4n) is 1.74. The first-order chi connectivity index (χ1) is 8.54. The molecule has 0 aliphatic carbocycles. The molecule has 0 radical (unpaired) electrons. The van der Waals surface area contributed by atoms with Crippen molar-refractivity contribution < 1.29 is 0 Å². The Bertz CT molecular complexity index is 401. The van der Waals surface area contributed by atoms with Crippen LogP contribution < -0.4 is 10.6 Å². The van der Waals surface area contributed by atoms with Gasteiger partial charge in [-0.3, -0.25) is 4.99 Å². The Morgan fingerprint density at radius 1 is 1.39 bits per heavy atom. The molecule has 0 aromatic carbocycles. The first kappa shape index (κ1) is 14.9. The van der Waals surface area contributed by atoms with Crippen LogP contribution in [0.1, 0.15) is 12.8 Å². The smallest absolute Gasteiger partial charge is 0.118 e. The second kappa shape index (κ2) is 7.34. The fourth-order valence-corrected chi connectivity index (χ4v) is 1.88. The third-order valence-electron chi connectivity index (χ3n) is 2.76. The van der Waals surface area contributed by atoms with Crippen molar-refractivity contribution in [2.24, 2.45) is 4.99 Å². The maximum atomic E-state index is 4.28. The summed E-state index contributed by atoms with van der Waals surface area (Å²) in [5.74, 6) is 0.921. The van der Waals surface area contributed by atoms with Gasteiger partial charge in [-0.15, -0.1) is 0 Å². The van der Waals surface area contributed by atoms with Crippen LogP contribution in [0, 0.1) is 0 Å². The van der Waals surface area contributed by atoms with Crippen molar-refractivity contribution in [2.75, 3.05) is 13.6 Å². The van der Waals surface area contributed by atoms with Crippen molar-refractivity contribution in [3.63, 3.8) is 0 Å². The lowest BCUT2D eigenvalue weighted by molar-refractivity contribution is 0.740. The van der Waals surface area contributed by atoms with Crippen molar-refractivity contribution in [1.82, 2.24) is 10.6 Å². The number of halogens is 1. The molecule has 1 atom stereocenters. The molecule has 1 fully saturated rings.